The highest BCUT2D eigenvalue weighted by atomic mass is 16.5. The lowest BCUT2D eigenvalue weighted by atomic mass is 10.0. The zero-order valence-corrected chi connectivity index (χ0v) is 9.51. The molecule has 17 heavy (non-hydrogen) atoms. The summed E-state index contributed by atoms with van der Waals surface area (Å²) in [7, 11) is 1.37. The van der Waals surface area contributed by atoms with Crippen LogP contribution in [0.15, 0.2) is 30.5 Å². The Hall–Kier alpha value is -2.10. The molecule has 1 aliphatic rings. The normalized spacial score (nSPS) is 12.8. The van der Waals surface area contributed by atoms with Crippen LogP contribution in [0.1, 0.15) is 16.1 Å². The van der Waals surface area contributed by atoms with E-state index in [4.69, 9.17) is 0 Å². The van der Waals surface area contributed by atoms with Crippen LogP contribution in [0.25, 0.3) is 11.4 Å². The topological polar surface area (TPSA) is 44.1 Å². The number of fused-ring (bicyclic) bond motifs is 3. The predicted octanol–water partition coefficient (Wildman–Crippen LogP) is 1.89. The largest absolute Gasteiger partial charge is 0.464 e. The molecule has 0 radical (unpaired) electrons. The predicted molar refractivity (Wildman–Crippen MR) is 62.7 cm³/mol. The molecule has 0 spiro atoms. The van der Waals surface area contributed by atoms with Gasteiger partial charge < -0.3 is 9.30 Å². The van der Waals surface area contributed by atoms with Crippen LogP contribution >= 0.6 is 0 Å². The highest BCUT2D eigenvalue weighted by molar-refractivity contribution is 5.88. The number of carbonyl (C=O) groups is 1. The summed E-state index contributed by atoms with van der Waals surface area (Å²) in [6.07, 6.45) is 2.73. The molecule has 0 unspecified atom stereocenters. The van der Waals surface area contributed by atoms with E-state index in [1.165, 1.54) is 12.7 Å². The molecule has 4 nitrogen and oxygen atoms in total. The van der Waals surface area contributed by atoms with Gasteiger partial charge in [0.1, 0.15) is 5.82 Å². The molecule has 0 saturated carbocycles. The molecule has 4 heteroatoms. The lowest BCUT2D eigenvalue weighted by Crippen LogP contribution is -2.09. The average Bonchev–Trinajstić information content (AvgIpc) is 2.82. The lowest BCUT2D eigenvalue weighted by Gasteiger charge is -2.17. The zero-order chi connectivity index (χ0) is 11.8. The molecule has 0 N–H and O–H groups in total. The molecular weight excluding hydrogens is 216 g/mol. The van der Waals surface area contributed by atoms with Crippen LogP contribution < -0.4 is 0 Å². The number of aromatic nitrogens is 2. The Kier molecular flexibility index (Phi) is 2.21. The van der Waals surface area contributed by atoms with Crippen molar-refractivity contribution in [3.8, 4) is 11.4 Å². The van der Waals surface area contributed by atoms with Gasteiger partial charge in [0.15, 0.2) is 5.69 Å². The summed E-state index contributed by atoms with van der Waals surface area (Å²) in [4.78, 5) is 15.8. The van der Waals surface area contributed by atoms with E-state index in [0.29, 0.717) is 5.69 Å². The molecule has 1 aromatic heterocycles. The lowest BCUT2D eigenvalue weighted by molar-refractivity contribution is 0.0594. The first-order chi connectivity index (χ1) is 8.29. The van der Waals surface area contributed by atoms with E-state index in [1.807, 2.05) is 22.8 Å². The Labute approximate surface area is 98.9 Å². The van der Waals surface area contributed by atoms with Gasteiger partial charge in [0, 0.05) is 18.3 Å². The number of benzene rings is 1. The number of esters is 1. The summed E-state index contributed by atoms with van der Waals surface area (Å²) in [5, 5.41) is 0. The summed E-state index contributed by atoms with van der Waals surface area (Å²) in [5.41, 5.74) is 2.76. The number of nitrogens with zero attached hydrogens (tertiary/aromatic N) is 2. The number of ether oxygens (including phenoxy) is 1. The summed E-state index contributed by atoms with van der Waals surface area (Å²) in [6.45, 7) is 0.857. The van der Waals surface area contributed by atoms with E-state index < -0.39 is 0 Å². The molecule has 2 aromatic rings. The third kappa shape index (κ3) is 1.53. The maximum absolute atomic E-state index is 11.4. The first kappa shape index (κ1) is 10.1. The van der Waals surface area contributed by atoms with E-state index in [1.54, 1.807) is 6.20 Å². The van der Waals surface area contributed by atoms with Gasteiger partial charge in [0.2, 0.25) is 0 Å². The van der Waals surface area contributed by atoms with Crippen LogP contribution in [0.5, 0.6) is 0 Å². The fraction of sp³-hybridized carbons (Fsp3) is 0.231. The van der Waals surface area contributed by atoms with Crippen molar-refractivity contribution in [3.05, 3.63) is 41.7 Å². The van der Waals surface area contributed by atoms with Gasteiger partial charge in [-0.25, -0.2) is 9.78 Å². The van der Waals surface area contributed by atoms with Gasteiger partial charge in [-0.2, -0.15) is 0 Å². The van der Waals surface area contributed by atoms with Crippen LogP contribution in [-0.2, 0) is 17.7 Å². The van der Waals surface area contributed by atoms with Crippen LogP contribution in [0.3, 0.4) is 0 Å². The second kappa shape index (κ2) is 3.73. The summed E-state index contributed by atoms with van der Waals surface area (Å²) >= 11 is 0. The maximum atomic E-state index is 11.4. The highest BCUT2D eigenvalue weighted by Crippen LogP contribution is 2.28. The number of hydrogen-bond donors (Lipinski definition) is 0. The Balaban J connectivity index is 2.13. The smallest absolute Gasteiger partial charge is 0.358 e. The van der Waals surface area contributed by atoms with Crippen molar-refractivity contribution < 1.29 is 9.53 Å². The Morgan fingerprint density at radius 3 is 3.06 bits per heavy atom. The van der Waals surface area contributed by atoms with E-state index >= 15 is 0 Å². The van der Waals surface area contributed by atoms with Crippen molar-refractivity contribution in [1.82, 2.24) is 9.55 Å². The minimum atomic E-state index is -0.385. The van der Waals surface area contributed by atoms with Gasteiger partial charge in [-0.1, -0.05) is 24.3 Å². The quantitative estimate of drug-likeness (QED) is 0.700. The molecule has 0 amide bonds. The number of hydrogen-bond acceptors (Lipinski definition) is 3. The molecule has 0 atom stereocenters. The first-order valence-corrected chi connectivity index (χ1v) is 5.53. The molecule has 0 fully saturated rings. The van der Waals surface area contributed by atoms with Crippen LogP contribution in [0.4, 0.5) is 0 Å². The molecule has 0 saturated heterocycles. The summed E-state index contributed by atoms with van der Waals surface area (Å²) in [6, 6.07) is 8.15. The van der Waals surface area contributed by atoms with Gasteiger partial charge in [0.05, 0.1) is 7.11 Å². The number of imidazole rings is 1. The molecule has 3 rings (SSSR count). The summed E-state index contributed by atoms with van der Waals surface area (Å²) in [5.74, 6) is 0.469. The van der Waals surface area contributed by atoms with Crippen LogP contribution in [0.2, 0.25) is 0 Å². The SMILES string of the molecule is COC(=O)c1cn2c(n1)-c1ccccc1CC2. The number of rotatable bonds is 1. The van der Waals surface area contributed by atoms with Gasteiger partial charge in [0.25, 0.3) is 0 Å². The van der Waals surface area contributed by atoms with Crippen molar-refractivity contribution in [1.29, 1.82) is 0 Å². The third-order valence-corrected chi connectivity index (χ3v) is 3.05. The minimum absolute atomic E-state index is 0.374. The molecule has 1 aliphatic heterocycles. The van der Waals surface area contributed by atoms with Crippen molar-refractivity contribution in [2.45, 2.75) is 13.0 Å². The van der Waals surface area contributed by atoms with Gasteiger partial charge in [-0.3, -0.25) is 0 Å². The number of methoxy groups -OCH3 is 1. The van der Waals surface area contributed by atoms with E-state index in [2.05, 4.69) is 15.8 Å². The Bertz CT molecular complexity index is 587. The second-order valence-electron chi connectivity index (χ2n) is 4.04. The second-order valence-corrected chi connectivity index (χ2v) is 4.04. The first-order valence-electron chi connectivity index (χ1n) is 5.53. The molecule has 0 bridgehead atoms. The molecule has 2 heterocycles. The fourth-order valence-electron chi connectivity index (χ4n) is 2.20. The van der Waals surface area contributed by atoms with Crippen molar-refractivity contribution >= 4 is 5.97 Å². The standard InChI is InChI=1S/C13H12N2O2/c1-17-13(16)11-8-15-7-6-9-4-2-3-5-10(9)12(15)14-11/h2-5,8H,6-7H2,1H3. The molecule has 1 aromatic carbocycles. The maximum Gasteiger partial charge on any atom is 0.358 e. The van der Waals surface area contributed by atoms with Crippen LogP contribution in [0, 0.1) is 0 Å². The van der Waals surface area contributed by atoms with Gasteiger partial charge >= 0.3 is 5.97 Å². The Morgan fingerprint density at radius 1 is 1.41 bits per heavy atom. The summed E-state index contributed by atoms with van der Waals surface area (Å²) < 4.78 is 6.70. The molecule has 86 valence electrons. The average molecular weight is 228 g/mol. The molecular formula is C13H12N2O2. The number of aryl methyl sites for hydroxylation is 2. The van der Waals surface area contributed by atoms with Crippen molar-refractivity contribution in [3.63, 3.8) is 0 Å². The molecule has 0 aliphatic carbocycles. The van der Waals surface area contributed by atoms with Gasteiger partial charge in [-0.05, 0) is 12.0 Å². The monoisotopic (exact) mass is 228 g/mol. The van der Waals surface area contributed by atoms with Crippen LogP contribution in [-0.4, -0.2) is 22.6 Å². The van der Waals surface area contributed by atoms with Gasteiger partial charge in [-0.15, -0.1) is 0 Å². The van der Waals surface area contributed by atoms with E-state index in [-0.39, 0.29) is 5.97 Å². The highest BCUT2D eigenvalue weighted by Gasteiger charge is 2.20. The van der Waals surface area contributed by atoms with Crippen molar-refractivity contribution in [2.75, 3.05) is 7.11 Å². The fourth-order valence-corrected chi connectivity index (χ4v) is 2.20. The van der Waals surface area contributed by atoms with Crippen molar-refractivity contribution in [2.24, 2.45) is 0 Å². The minimum Gasteiger partial charge on any atom is -0.464 e. The van der Waals surface area contributed by atoms with E-state index in [0.717, 1.165) is 24.4 Å². The number of carbonyl (C=O) groups excluding carboxylic acids is 1. The zero-order valence-electron chi connectivity index (χ0n) is 9.51. The Morgan fingerprint density at radius 2 is 2.24 bits per heavy atom. The van der Waals surface area contributed by atoms with E-state index in [9.17, 15) is 4.79 Å². The third-order valence-electron chi connectivity index (χ3n) is 3.05.